The topological polar surface area (TPSA) is 55.6 Å². The summed E-state index contributed by atoms with van der Waals surface area (Å²) < 4.78 is 8.14. The minimum absolute atomic E-state index is 0.159. The van der Waals surface area contributed by atoms with Crippen molar-refractivity contribution in [2.45, 2.75) is 4.90 Å². The van der Waals surface area contributed by atoms with Crippen molar-refractivity contribution in [1.82, 2.24) is 9.99 Å². The van der Waals surface area contributed by atoms with Crippen molar-refractivity contribution >= 4 is 39.8 Å². The Hall–Kier alpha value is -2.51. The second kappa shape index (κ2) is 9.43. The Labute approximate surface area is 170 Å². The van der Waals surface area contributed by atoms with Crippen LogP contribution in [0, 0.1) is 0 Å². The number of aromatic nitrogens is 1. The highest BCUT2D eigenvalue weighted by atomic mass is 79.9. The predicted molar refractivity (Wildman–Crippen MR) is 113 cm³/mol. The first-order valence-electron chi connectivity index (χ1n) is 8.18. The molecule has 0 unspecified atom stereocenters. The van der Waals surface area contributed by atoms with Gasteiger partial charge in [0.15, 0.2) is 0 Å². The van der Waals surface area contributed by atoms with Crippen molar-refractivity contribution in [1.29, 1.82) is 0 Å². The number of methoxy groups -OCH3 is 1. The molecule has 0 bridgehead atoms. The Kier molecular flexibility index (Phi) is 6.73. The Morgan fingerprint density at radius 1 is 1.19 bits per heavy atom. The molecule has 1 heterocycles. The van der Waals surface area contributed by atoms with E-state index in [1.807, 2.05) is 71.4 Å². The number of nitrogens with one attached hydrogen (secondary N) is 1. The molecule has 7 heteroatoms. The van der Waals surface area contributed by atoms with Crippen LogP contribution < -0.4 is 10.2 Å². The third-order valence-corrected chi connectivity index (χ3v) is 5.24. The fraction of sp³-hybridized carbons (Fsp3) is 0.100. The molecule has 3 aromatic rings. The lowest BCUT2D eigenvalue weighted by molar-refractivity contribution is -0.118. The minimum atomic E-state index is -0.159. The van der Waals surface area contributed by atoms with Crippen LogP contribution in [-0.2, 0) is 4.79 Å². The summed E-state index contributed by atoms with van der Waals surface area (Å²) >= 11 is 4.88. The fourth-order valence-electron chi connectivity index (χ4n) is 2.36. The molecule has 0 aliphatic heterocycles. The molecule has 0 atom stereocenters. The number of hydrogen-bond donors (Lipinski definition) is 1. The highest BCUT2D eigenvalue weighted by Crippen LogP contribution is 2.21. The first kappa shape index (κ1) is 19.3. The number of carbonyl (C=O) groups excluding carboxylic acids is 1. The number of nitrogens with zero attached hydrogens (tertiary/aromatic N) is 2. The molecule has 0 radical (unpaired) electrons. The van der Waals surface area contributed by atoms with Gasteiger partial charge in [-0.1, -0.05) is 15.9 Å². The second-order valence-electron chi connectivity index (χ2n) is 5.54. The van der Waals surface area contributed by atoms with Crippen LogP contribution in [-0.4, -0.2) is 29.6 Å². The van der Waals surface area contributed by atoms with Gasteiger partial charge < -0.3 is 9.30 Å². The number of carbonyl (C=O) groups is 1. The van der Waals surface area contributed by atoms with E-state index in [9.17, 15) is 4.79 Å². The Morgan fingerprint density at radius 3 is 2.63 bits per heavy atom. The molecule has 1 aromatic heterocycles. The number of benzene rings is 2. The van der Waals surface area contributed by atoms with Gasteiger partial charge in [0.25, 0.3) is 0 Å². The maximum Gasteiger partial charge on any atom is 0.250 e. The number of amides is 1. The zero-order valence-corrected chi connectivity index (χ0v) is 17.0. The van der Waals surface area contributed by atoms with Crippen LogP contribution in [0.5, 0.6) is 5.75 Å². The van der Waals surface area contributed by atoms with Crippen molar-refractivity contribution < 1.29 is 9.53 Å². The van der Waals surface area contributed by atoms with Crippen LogP contribution in [0.15, 0.2) is 81.3 Å². The summed E-state index contributed by atoms with van der Waals surface area (Å²) in [6.45, 7) is 0. The maximum atomic E-state index is 12.0. The lowest BCUT2D eigenvalue weighted by atomic mass is 10.3. The number of rotatable bonds is 7. The van der Waals surface area contributed by atoms with E-state index in [4.69, 9.17) is 4.74 Å². The summed E-state index contributed by atoms with van der Waals surface area (Å²) in [7, 11) is 1.63. The molecule has 0 spiro atoms. The molecule has 0 saturated carbocycles. The summed E-state index contributed by atoms with van der Waals surface area (Å²) in [5.41, 5.74) is 4.46. The average Bonchev–Trinajstić information content (AvgIpc) is 3.16. The zero-order chi connectivity index (χ0) is 19.1. The molecule has 138 valence electrons. The van der Waals surface area contributed by atoms with Crippen LogP contribution in [0.4, 0.5) is 0 Å². The molecular weight excluding hydrogens is 426 g/mol. The first-order chi connectivity index (χ1) is 13.2. The maximum absolute atomic E-state index is 12.0. The molecule has 1 amide bonds. The van der Waals surface area contributed by atoms with Crippen molar-refractivity contribution in [3.05, 3.63) is 77.0 Å². The number of ether oxygens (including phenoxy) is 1. The summed E-state index contributed by atoms with van der Waals surface area (Å²) in [4.78, 5) is 13.0. The van der Waals surface area contributed by atoms with Crippen LogP contribution in [0.1, 0.15) is 5.69 Å². The fourth-order valence-corrected chi connectivity index (χ4v) is 3.31. The summed E-state index contributed by atoms with van der Waals surface area (Å²) in [6.07, 6.45) is 3.59. The van der Waals surface area contributed by atoms with Crippen molar-refractivity contribution in [3.8, 4) is 11.4 Å². The van der Waals surface area contributed by atoms with Crippen molar-refractivity contribution in [3.63, 3.8) is 0 Å². The van der Waals surface area contributed by atoms with E-state index < -0.39 is 0 Å². The number of hydrazone groups is 1. The monoisotopic (exact) mass is 443 g/mol. The molecule has 0 aliphatic rings. The van der Waals surface area contributed by atoms with Crippen LogP contribution >= 0.6 is 27.7 Å². The molecular formula is C20H18BrN3O2S. The van der Waals surface area contributed by atoms with E-state index in [1.54, 1.807) is 13.3 Å². The number of hydrogen-bond acceptors (Lipinski definition) is 4. The predicted octanol–water partition coefficient (Wildman–Crippen LogP) is 4.49. The molecule has 5 nitrogen and oxygen atoms in total. The lowest BCUT2D eigenvalue weighted by Gasteiger charge is -2.06. The molecule has 0 fully saturated rings. The lowest BCUT2D eigenvalue weighted by Crippen LogP contribution is -2.19. The first-order valence-corrected chi connectivity index (χ1v) is 9.95. The van der Waals surface area contributed by atoms with Crippen LogP contribution in [0.25, 0.3) is 5.69 Å². The molecule has 0 aliphatic carbocycles. The molecule has 3 rings (SSSR count). The standard InChI is InChI=1S/C20H18BrN3O2S/c1-26-18-8-10-19(11-9-18)27-14-20(25)23-22-13-17-3-2-12-24(17)16-6-4-15(21)5-7-16/h2-13H,14H2,1H3,(H,23,25)/b22-13+. The molecule has 1 N–H and O–H groups in total. The highest BCUT2D eigenvalue weighted by molar-refractivity contribution is 9.10. The van der Waals surface area contributed by atoms with Gasteiger partial charge in [-0.05, 0) is 60.7 Å². The molecule has 0 saturated heterocycles. The van der Waals surface area contributed by atoms with E-state index in [1.165, 1.54) is 11.8 Å². The smallest absolute Gasteiger partial charge is 0.250 e. The second-order valence-corrected chi connectivity index (χ2v) is 7.50. The van der Waals surface area contributed by atoms with Gasteiger partial charge in [0.05, 0.1) is 24.8 Å². The number of halogens is 1. The molecule has 27 heavy (non-hydrogen) atoms. The van der Waals surface area contributed by atoms with Gasteiger partial charge in [0.1, 0.15) is 5.75 Å². The van der Waals surface area contributed by atoms with Crippen LogP contribution in [0.2, 0.25) is 0 Å². The quantitative estimate of drug-likeness (QED) is 0.332. The van der Waals surface area contributed by atoms with Gasteiger partial charge in [0.2, 0.25) is 5.91 Å². The van der Waals surface area contributed by atoms with Gasteiger partial charge in [-0.2, -0.15) is 5.10 Å². The molecule has 2 aromatic carbocycles. The third kappa shape index (κ3) is 5.48. The van der Waals surface area contributed by atoms with Gasteiger partial charge in [0, 0.05) is 21.3 Å². The van der Waals surface area contributed by atoms with Gasteiger partial charge in [-0.3, -0.25) is 4.79 Å². The zero-order valence-electron chi connectivity index (χ0n) is 14.6. The Morgan fingerprint density at radius 2 is 1.93 bits per heavy atom. The largest absolute Gasteiger partial charge is 0.497 e. The van der Waals surface area contributed by atoms with Crippen molar-refractivity contribution in [2.24, 2.45) is 5.10 Å². The number of thioether (sulfide) groups is 1. The third-order valence-electron chi connectivity index (χ3n) is 3.70. The van der Waals surface area contributed by atoms with Gasteiger partial charge in [-0.15, -0.1) is 11.8 Å². The highest BCUT2D eigenvalue weighted by Gasteiger charge is 2.04. The average molecular weight is 444 g/mol. The minimum Gasteiger partial charge on any atom is -0.497 e. The Balaban J connectivity index is 1.53. The van der Waals surface area contributed by atoms with E-state index in [2.05, 4.69) is 26.5 Å². The summed E-state index contributed by atoms with van der Waals surface area (Å²) in [6, 6.07) is 19.4. The van der Waals surface area contributed by atoms with E-state index in [-0.39, 0.29) is 11.7 Å². The van der Waals surface area contributed by atoms with E-state index in [0.717, 1.165) is 26.5 Å². The van der Waals surface area contributed by atoms with E-state index in [0.29, 0.717) is 0 Å². The van der Waals surface area contributed by atoms with Gasteiger partial charge >= 0.3 is 0 Å². The Bertz CT molecular complexity index is 921. The van der Waals surface area contributed by atoms with Crippen LogP contribution in [0.3, 0.4) is 0 Å². The van der Waals surface area contributed by atoms with Gasteiger partial charge in [-0.25, -0.2) is 5.43 Å². The summed E-state index contributed by atoms with van der Waals surface area (Å²) in [5, 5.41) is 4.07. The van der Waals surface area contributed by atoms with Crippen molar-refractivity contribution in [2.75, 3.05) is 12.9 Å². The van der Waals surface area contributed by atoms with E-state index >= 15 is 0 Å². The normalized spacial score (nSPS) is 10.9. The SMILES string of the molecule is COc1ccc(SCC(=O)N/N=C/c2cccn2-c2ccc(Br)cc2)cc1. The summed E-state index contributed by atoms with van der Waals surface area (Å²) in [5.74, 6) is 0.924.